The summed E-state index contributed by atoms with van der Waals surface area (Å²) in [6.07, 6.45) is 0.448. The summed E-state index contributed by atoms with van der Waals surface area (Å²) in [6, 6.07) is -0.138. The Morgan fingerprint density at radius 3 is 2.57 bits per heavy atom. The highest BCUT2D eigenvalue weighted by atomic mass is 16.6. The third-order valence-electron chi connectivity index (χ3n) is 3.49. The number of nitrogens with zero attached hydrogens (tertiary/aromatic N) is 2. The number of ether oxygens (including phenoxy) is 2. The molecule has 21 heavy (non-hydrogen) atoms. The fourth-order valence-electron chi connectivity index (χ4n) is 2.57. The average Bonchev–Trinajstić information content (AvgIpc) is 2.33. The van der Waals surface area contributed by atoms with E-state index in [-0.39, 0.29) is 12.1 Å². The van der Waals surface area contributed by atoms with Crippen LogP contribution >= 0.6 is 0 Å². The van der Waals surface area contributed by atoms with E-state index in [1.807, 2.05) is 27.7 Å². The topological polar surface area (TPSA) is 71.1 Å². The van der Waals surface area contributed by atoms with Crippen LogP contribution in [0.25, 0.3) is 0 Å². The number of carbonyl (C=O) groups is 2. The van der Waals surface area contributed by atoms with Crippen molar-refractivity contribution in [2.75, 3.05) is 32.8 Å². The first-order chi connectivity index (χ1) is 9.77. The summed E-state index contributed by atoms with van der Waals surface area (Å²) in [7, 11) is 0. The van der Waals surface area contributed by atoms with E-state index in [2.05, 4.69) is 5.32 Å². The molecule has 2 rings (SSSR count). The van der Waals surface area contributed by atoms with Crippen molar-refractivity contribution in [2.45, 2.75) is 45.4 Å². The van der Waals surface area contributed by atoms with Gasteiger partial charge in [0.25, 0.3) is 0 Å². The molecule has 2 aliphatic rings. The summed E-state index contributed by atoms with van der Waals surface area (Å²) >= 11 is 0. The van der Waals surface area contributed by atoms with Crippen LogP contribution in [-0.4, -0.2) is 66.0 Å². The Kier molecular flexibility index (Phi) is 4.32. The maximum Gasteiger partial charge on any atom is 0.410 e. The van der Waals surface area contributed by atoms with E-state index < -0.39 is 11.3 Å². The summed E-state index contributed by atoms with van der Waals surface area (Å²) in [5, 5.41) is 2.79. The largest absolute Gasteiger partial charge is 0.444 e. The number of rotatable bonds is 1. The monoisotopic (exact) mass is 299 g/mol. The first kappa shape index (κ1) is 15.9. The lowest BCUT2D eigenvalue weighted by Gasteiger charge is -2.56. The van der Waals surface area contributed by atoms with E-state index >= 15 is 0 Å². The predicted molar refractivity (Wildman–Crippen MR) is 76.9 cm³/mol. The van der Waals surface area contributed by atoms with Crippen LogP contribution in [0.2, 0.25) is 0 Å². The zero-order chi connectivity index (χ0) is 15.7. The van der Waals surface area contributed by atoms with Crippen LogP contribution in [-0.2, 0) is 9.47 Å². The smallest absolute Gasteiger partial charge is 0.410 e. The lowest BCUT2D eigenvalue weighted by atomic mass is 10.0. The molecular weight excluding hydrogens is 274 g/mol. The highest BCUT2D eigenvalue weighted by molar-refractivity contribution is 5.76. The van der Waals surface area contributed by atoms with Crippen LogP contribution in [0.5, 0.6) is 0 Å². The number of hydrogen-bond acceptors (Lipinski definition) is 4. The van der Waals surface area contributed by atoms with Crippen molar-refractivity contribution in [1.29, 1.82) is 0 Å². The second kappa shape index (κ2) is 5.71. The third kappa shape index (κ3) is 3.40. The van der Waals surface area contributed by atoms with Gasteiger partial charge in [0.1, 0.15) is 5.60 Å². The molecule has 3 amide bonds. The molecule has 120 valence electrons. The van der Waals surface area contributed by atoms with Crippen LogP contribution in [0.1, 0.15) is 34.1 Å². The molecule has 0 aromatic heterocycles. The molecule has 0 saturated carbocycles. The van der Waals surface area contributed by atoms with Gasteiger partial charge in [-0.2, -0.15) is 0 Å². The minimum Gasteiger partial charge on any atom is -0.444 e. The van der Waals surface area contributed by atoms with Crippen molar-refractivity contribution in [3.8, 4) is 0 Å². The molecule has 0 radical (unpaired) electrons. The maximum absolute atomic E-state index is 12.1. The second-order valence-corrected chi connectivity index (χ2v) is 6.47. The normalized spacial score (nSPS) is 21.0. The zero-order valence-electron chi connectivity index (χ0n) is 13.3. The summed E-state index contributed by atoms with van der Waals surface area (Å²) < 4.78 is 11.1. The van der Waals surface area contributed by atoms with Gasteiger partial charge in [-0.1, -0.05) is 0 Å². The Labute approximate surface area is 125 Å². The molecule has 0 unspecified atom stereocenters. The zero-order valence-corrected chi connectivity index (χ0v) is 13.3. The van der Waals surface area contributed by atoms with E-state index in [1.54, 1.807) is 9.80 Å². The fourth-order valence-corrected chi connectivity index (χ4v) is 2.57. The standard InChI is InChI=1S/C14H25N3O4/c1-5-15-11(18)17-7-6-8-20-14(17)9-16(10-14)12(19)21-13(2,3)4/h5-10H2,1-4H3,(H,15,18). The quantitative estimate of drug-likeness (QED) is 0.794. The number of likely N-dealkylation sites (tertiary alicyclic amines) is 1. The van der Waals surface area contributed by atoms with Crippen molar-refractivity contribution in [1.82, 2.24) is 15.1 Å². The average molecular weight is 299 g/mol. The van der Waals surface area contributed by atoms with Crippen molar-refractivity contribution in [3.05, 3.63) is 0 Å². The van der Waals surface area contributed by atoms with Crippen molar-refractivity contribution < 1.29 is 19.1 Å². The van der Waals surface area contributed by atoms with E-state index in [0.29, 0.717) is 32.8 Å². The molecule has 2 aliphatic heterocycles. The van der Waals surface area contributed by atoms with Crippen LogP contribution < -0.4 is 5.32 Å². The van der Waals surface area contributed by atoms with Gasteiger partial charge < -0.3 is 14.8 Å². The van der Waals surface area contributed by atoms with Crippen LogP contribution in [0.4, 0.5) is 9.59 Å². The number of carbonyl (C=O) groups excluding carboxylic acids is 2. The molecule has 0 atom stereocenters. The Morgan fingerprint density at radius 2 is 2.00 bits per heavy atom. The minimum atomic E-state index is -0.686. The van der Waals surface area contributed by atoms with Gasteiger partial charge in [0.15, 0.2) is 5.72 Å². The molecule has 0 aromatic rings. The van der Waals surface area contributed by atoms with Gasteiger partial charge in [-0.3, -0.25) is 9.80 Å². The van der Waals surface area contributed by atoms with E-state index in [1.165, 1.54) is 0 Å². The molecule has 1 spiro atoms. The van der Waals surface area contributed by atoms with Crippen molar-refractivity contribution in [2.24, 2.45) is 0 Å². The van der Waals surface area contributed by atoms with Gasteiger partial charge in [0.05, 0.1) is 19.7 Å². The molecule has 0 aromatic carbocycles. The SMILES string of the molecule is CCNC(=O)N1CCCOC12CN(C(=O)OC(C)(C)C)C2. The highest BCUT2D eigenvalue weighted by Gasteiger charge is 2.54. The van der Waals surface area contributed by atoms with E-state index in [4.69, 9.17) is 9.47 Å². The first-order valence-corrected chi connectivity index (χ1v) is 7.45. The van der Waals surface area contributed by atoms with Gasteiger partial charge in [0.2, 0.25) is 0 Å². The predicted octanol–water partition coefficient (Wildman–Crippen LogP) is 1.39. The lowest BCUT2D eigenvalue weighted by molar-refractivity contribution is -0.227. The Balaban J connectivity index is 1.97. The minimum absolute atomic E-state index is 0.138. The third-order valence-corrected chi connectivity index (χ3v) is 3.49. The van der Waals surface area contributed by atoms with Gasteiger partial charge in [-0.25, -0.2) is 9.59 Å². The molecular formula is C14H25N3O4. The number of nitrogens with one attached hydrogen (secondary N) is 1. The highest BCUT2D eigenvalue weighted by Crippen LogP contribution is 2.33. The van der Waals surface area contributed by atoms with Gasteiger partial charge in [0, 0.05) is 13.1 Å². The first-order valence-electron chi connectivity index (χ1n) is 7.45. The van der Waals surface area contributed by atoms with Gasteiger partial charge in [-0.15, -0.1) is 0 Å². The molecule has 2 fully saturated rings. The lowest BCUT2D eigenvalue weighted by Crippen LogP contribution is -2.76. The number of urea groups is 1. The van der Waals surface area contributed by atoms with Gasteiger partial charge in [-0.05, 0) is 34.1 Å². The van der Waals surface area contributed by atoms with Crippen LogP contribution in [0, 0.1) is 0 Å². The molecule has 0 aliphatic carbocycles. The molecule has 7 nitrogen and oxygen atoms in total. The van der Waals surface area contributed by atoms with Crippen molar-refractivity contribution in [3.63, 3.8) is 0 Å². The van der Waals surface area contributed by atoms with E-state index in [0.717, 1.165) is 6.42 Å². The second-order valence-electron chi connectivity index (χ2n) is 6.47. The summed E-state index contributed by atoms with van der Waals surface area (Å²) in [5.74, 6) is 0. The Bertz CT molecular complexity index is 413. The van der Waals surface area contributed by atoms with Gasteiger partial charge >= 0.3 is 12.1 Å². The summed E-state index contributed by atoms with van der Waals surface area (Å²) in [4.78, 5) is 27.4. The number of hydrogen-bond donors (Lipinski definition) is 1. The summed E-state index contributed by atoms with van der Waals surface area (Å²) in [5.41, 5.74) is -1.21. The Hall–Kier alpha value is -1.50. The van der Waals surface area contributed by atoms with E-state index in [9.17, 15) is 9.59 Å². The maximum atomic E-state index is 12.1. The Morgan fingerprint density at radius 1 is 1.33 bits per heavy atom. The molecule has 1 N–H and O–H groups in total. The molecule has 2 heterocycles. The van der Waals surface area contributed by atoms with Crippen LogP contribution in [0.15, 0.2) is 0 Å². The molecule has 2 saturated heterocycles. The molecule has 7 heteroatoms. The fraction of sp³-hybridized carbons (Fsp3) is 0.857. The molecule has 0 bridgehead atoms. The summed E-state index contributed by atoms with van der Waals surface area (Å²) in [6.45, 7) is 9.92. The van der Waals surface area contributed by atoms with Crippen molar-refractivity contribution >= 4 is 12.1 Å². The van der Waals surface area contributed by atoms with Crippen LogP contribution in [0.3, 0.4) is 0 Å². The number of amides is 3.